The van der Waals surface area contributed by atoms with E-state index in [0.29, 0.717) is 43.6 Å². The lowest BCUT2D eigenvalue weighted by molar-refractivity contribution is -0.384. The number of thiophene rings is 1. The van der Waals surface area contributed by atoms with Crippen molar-refractivity contribution in [3.63, 3.8) is 0 Å². The van der Waals surface area contributed by atoms with Gasteiger partial charge in [-0.2, -0.15) is 5.10 Å². The number of rotatable bonds is 5. The molecular weight excluding hydrogens is 420 g/mol. The van der Waals surface area contributed by atoms with Crippen LogP contribution in [0.1, 0.15) is 26.6 Å². The van der Waals surface area contributed by atoms with E-state index in [9.17, 15) is 14.9 Å². The Kier molecular flexibility index (Phi) is 5.17. The van der Waals surface area contributed by atoms with Crippen molar-refractivity contribution in [2.24, 2.45) is 5.10 Å². The molecule has 1 aromatic carbocycles. The predicted molar refractivity (Wildman–Crippen MR) is 117 cm³/mol. The van der Waals surface area contributed by atoms with Crippen molar-refractivity contribution in [1.29, 1.82) is 0 Å². The number of fused-ring (bicyclic) bond motifs is 1. The third-order valence-corrected chi connectivity index (χ3v) is 5.84. The van der Waals surface area contributed by atoms with Crippen molar-refractivity contribution >= 4 is 45.2 Å². The molecule has 4 rings (SSSR count). The summed E-state index contributed by atoms with van der Waals surface area (Å²) in [6, 6.07) is 7.90. The molecule has 3 aromatic heterocycles. The van der Waals surface area contributed by atoms with Gasteiger partial charge in [0.2, 0.25) is 0 Å². The number of aromatic nitrogens is 2. The molecule has 31 heavy (non-hydrogen) atoms. The van der Waals surface area contributed by atoms with E-state index >= 15 is 0 Å². The number of furan rings is 1. The number of nitrogen functional groups attached to an aromatic ring is 1. The molecule has 0 atom stereocenters. The van der Waals surface area contributed by atoms with Gasteiger partial charge in [0.15, 0.2) is 0 Å². The molecule has 1 amide bonds. The number of hydrogen-bond donors (Lipinski definition) is 2. The minimum atomic E-state index is -0.459. The molecule has 0 aliphatic rings. The number of nitro groups is 1. The Balaban J connectivity index is 1.51. The molecule has 3 heterocycles. The van der Waals surface area contributed by atoms with E-state index in [0.717, 1.165) is 5.56 Å². The molecule has 0 saturated heterocycles. The second-order valence-electron chi connectivity index (χ2n) is 6.65. The highest BCUT2D eigenvalue weighted by Crippen LogP contribution is 2.32. The molecule has 0 unspecified atom stereocenters. The number of anilines is 1. The number of hydrogen-bond acceptors (Lipinski definition) is 9. The molecule has 156 valence electrons. The number of benzene rings is 1. The first-order valence-electron chi connectivity index (χ1n) is 9.03. The molecule has 0 fully saturated rings. The molecule has 0 saturated carbocycles. The molecule has 11 heteroatoms. The maximum absolute atomic E-state index is 12.5. The SMILES string of the molecule is Cc1ccc([N+](=O)[O-])cc1-c1ccc(/C=N\NC(=O)c2sc3ncnc(N)c3c2C)o1. The van der Waals surface area contributed by atoms with Gasteiger partial charge < -0.3 is 10.2 Å². The topological polar surface area (TPSA) is 150 Å². The molecule has 4 aromatic rings. The summed E-state index contributed by atoms with van der Waals surface area (Å²) in [4.78, 5) is 32.2. The zero-order valence-electron chi connectivity index (χ0n) is 16.4. The van der Waals surface area contributed by atoms with Gasteiger partial charge in [0.05, 0.1) is 21.4 Å². The second kappa shape index (κ2) is 7.95. The van der Waals surface area contributed by atoms with E-state index in [1.165, 1.54) is 36.0 Å². The number of carbonyl (C=O) groups excluding carboxylic acids is 1. The van der Waals surface area contributed by atoms with Crippen LogP contribution in [0.3, 0.4) is 0 Å². The van der Waals surface area contributed by atoms with Gasteiger partial charge >= 0.3 is 0 Å². The van der Waals surface area contributed by atoms with Crippen molar-refractivity contribution in [1.82, 2.24) is 15.4 Å². The fourth-order valence-electron chi connectivity index (χ4n) is 3.08. The van der Waals surface area contributed by atoms with Crippen LogP contribution in [-0.4, -0.2) is 27.0 Å². The van der Waals surface area contributed by atoms with Crippen LogP contribution in [0.15, 0.2) is 46.2 Å². The molecule has 0 radical (unpaired) electrons. The molecular formula is C20H16N6O4S. The number of nitro benzene ring substituents is 1. The third kappa shape index (κ3) is 3.85. The van der Waals surface area contributed by atoms with Crippen molar-refractivity contribution < 1.29 is 14.1 Å². The fourth-order valence-corrected chi connectivity index (χ4v) is 4.12. The maximum Gasteiger partial charge on any atom is 0.281 e. The largest absolute Gasteiger partial charge is 0.455 e. The van der Waals surface area contributed by atoms with Gasteiger partial charge in [-0.05, 0) is 37.1 Å². The van der Waals surface area contributed by atoms with Crippen LogP contribution in [0.2, 0.25) is 0 Å². The monoisotopic (exact) mass is 436 g/mol. The van der Waals surface area contributed by atoms with Crippen molar-refractivity contribution in [2.75, 3.05) is 5.73 Å². The van der Waals surface area contributed by atoms with Crippen LogP contribution in [0.25, 0.3) is 21.5 Å². The minimum absolute atomic E-state index is 0.0245. The summed E-state index contributed by atoms with van der Waals surface area (Å²) >= 11 is 1.20. The number of amides is 1. The van der Waals surface area contributed by atoms with Gasteiger partial charge in [0.25, 0.3) is 11.6 Å². The fraction of sp³-hybridized carbons (Fsp3) is 0.100. The van der Waals surface area contributed by atoms with Gasteiger partial charge in [-0.15, -0.1) is 11.3 Å². The summed E-state index contributed by atoms with van der Waals surface area (Å²) < 4.78 is 5.70. The van der Waals surface area contributed by atoms with Crippen molar-refractivity contribution in [3.8, 4) is 11.3 Å². The zero-order chi connectivity index (χ0) is 22.1. The number of carbonyl (C=O) groups is 1. The lowest BCUT2D eigenvalue weighted by atomic mass is 10.1. The first-order valence-corrected chi connectivity index (χ1v) is 9.85. The lowest BCUT2D eigenvalue weighted by Crippen LogP contribution is -2.17. The summed E-state index contributed by atoms with van der Waals surface area (Å²) in [5, 5.41) is 15.6. The van der Waals surface area contributed by atoms with Gasteiger partial charge in [0, 0.05) is 17.7 Å². The van der Waals surface area contributed by atoms with Gasteiger partial charge in [-0.1, -0.05) is 6.07 Å². The smallest absolute Gasteiger partial charge is 0.281 e. The number of hydrazone groups is 1. The number of non-ortho nitro benzene ring substituents is 1. The van der Waals surface area contributed by atoms with Gasteiger partial charge in [-0.25, -0.2) is 15.4 Å². The van der Waals surface area contributed by atoms with Crippen molar-refractivity contribution in [2.45, 2.75) is 13.8 Å². The summed E-state index contributed by atoms with van der Waals surface area (Å²) in [7, 11) is 0. The number of aryl methyl sites for hydroxylation is 2. The molecule has 0 bridgehead atoms. The summed E-state index contributed by atoms with van der Waals surface area (Å²) in [5.41, 5.74) is 10.4. The van der Waals surface area contributed by atoms with E-state index in [1.54, 1.807) is 25.1 Å². The number of nitrogens with one attached hydrogen (secondary N) is 1. The molecule has 3 N–H and O–H groups in total. The zero-order valence-corrected chi connectivity index (χ0v) is 17.3. The Bertz CT molecular complexity index is 1360. The number of nitrogens with zero attached hydrogens (tertiary/aromatic N) is 4. The van der Waals surface area contributed by atoms with E-state index < -0.39 is 10.8 Å². The van der Waals surface area contributed by atoms with Crippen LogP contribution >= 0.6 is 11.3 Å². The maximum atomic E-state index is 12.5. The molecule has 0 aliphatic carbocycles. The number of nitrogens with two attached hydrogens (primary N) is 1. The Morgan fingerprint density at radius 2 is 2.10 bits per heavy atom. The standard InChI is InChI=1S/C20H16N6O4S/c1-10-3-4-12(26(28)29)7-14(10)15-6-5-13(30-15)8-24-25-19(27)17-11(2)16-18(21)22-9-23-20(16)31-17/h3-9H,1-2H3,(H,25,27)(H2,21,22,23)/b24-8-. The van der Waals surface area contributed by atoms with E-state index in [-0.39, 0.29) is 5.69 Å². The summed E-state index contributed by atoms with van der Waals surface area (Å²) in [6.45, 7) is 3.61. The Morgan fingerprint density at radius 1 is 1.29 bits per heavy atom. The summed E-state index contributed by atoms with van der Waals surface area (Å²) in [5.74, 6) is 0.756. The highest BCUT2D eigenvalue weighted by atomic mass is 32.1. The Morgan fingerprint density at radius 3 is 2.84 bits per heavy atom. The Hall–Kier alpha value is -4.12. The molecule has 0 spiro atoms. The first-order chi connectivity index (χ1) is 14.8. The van der Waals surface area contributed by atoms with E-state index in [4.69, 9.17) is 10.2 Å². The van der Waals surface area contributed by atoms with Crippen LogP contribution in [0, 0.1) is 24.0 Å². The highest BCUT2D eigenvalue weighted by Gasteiger charge is 2.18. The van der Waals surface area contributed by atoms with Crippen LogP contribution in [-0.2, 0) is 0 Å². The molecule has 10 nitrogen and oxygen atoms in total. The van der Waals surface area contributed by atoms with Gasteiger partial charge in [0.1, 0.15) is 28.5 Å². The lowest BCUT2D eigenvalue weighted by Gasteiger charge is -2.02. The van der Waals surface area contributed by atoms with Crippen LogP contribution in [0.5, 0.6) is 0 Å². The minimum Gasteiger partial charge on any atom is -0.455 e. The highest BCUT2D eigenvalue weighted by molar-refractivity contribution is 7.20. The second-order valence-corrected chi connectivity index (χ2v) is 7.65. The van der Waals surface area contributed by atoms with Crippen LogP contribution in [0.4, 0.5) is 11.5 Å². The van der Waals surface area contributed by atoms with Gasteiger partial charge in [-0.3, -0.25) is 14.9 Å². The van der Waals surface area contributed by atoms with E-state index in [1.807, 2.05) is 6.92 Å². The predicted octanol–water partition coefficient (Wildman–Crippen LogP) is 3.82. The third-order valence-electron chi connectivity index (χ3n) is 4.64. The van der Waals surface area contributed by atoms with Crippen LogP contribution < -0.4 is 11.2 Å². The first kappa shape index (κ1) is 20.2. The summed E-state index contributed by atoms with van der Waals surface area (Å²) in [6.07, 6.45) is 2.70. The normalized spacial score (nSPS) is 11.3. The average Bonchev–Trinajstić information content (AvgIpc) is 3.33. The van der Waals surface area contributed by atoms with Crippen molar-refractivity contribution in [3.05, 3.63) is 68.5 Å². The van der Waals surface area contributed by atoms with E-state index in [2.05, 4.69) is 20.5 Å². The Labute approximate surface area is 179 Å². The average molecular weight is 436 g/mol. The quantitative estimate of drug-likeness (QED) is 0.274. The molecule has 0 aliphatic heterocycles.